The molecular weight excluding hydrogens is 310 g/mol. The highest BCUT2D eigenvalue weighted by molar-refractivity contribution is 6.30. The van der Waals surface area contributed by atoms with Crippen LogP contribution < -0.4 is 16.8 Å². The molecule has 1 aromatic carbocycles. The van der Waals surface area contributed by atoms with Crippen LogP contribution in [0.2, 0.25) is 5.02 Å². The number of carbonyl (C=O) groups is 3. The predicted octanol–water partition coefficient (Wildman–Crippen LogP) is -0.405. The van der Waals surface area contributed by atoms with Crippen molar-refractivity contribution in [2.45, 2.75) is 6.04 Å². The van der Waals surface area contributed by atoms with Gasteiger partial charge < -0.3 is 16.8 Å². The quantitative estimate of drug-likeness (QED) is 0.646. The highest BCUT2D eigenvalue weighted by Gasteiger charge is 2.25. The van der Waals surface area contributed by atoms with Gasteiger partial charge in [-0.2, -0.15) is 5.10 Å². The number of hydrogen-bond donors (Lipinski definition) is 3. The molecule has 114 valence electrons. The van der Waals surface area contributed by atoms with E-state index < -0.39 is 23.8 Å². The first-order chi connectivity index (χ1) is 10.4. The van der Waals surface area contributed by atoms with E-state index >= 15 is 0 Å². The number of aromatic nitrogens is 2. The summed E-state index contributed by atoms with van der Waals surface area (Å²) in [7, 11) is 0. The molecule has 0 bridgehead atoms. The predicted molar refractivity (Wildman–Crippen MR) is 78.2 cm³/mol. The van der Waals surface area contributed by atoms with Crippen molar-refractivity contribution < 1.29 is 14.4 Å². The van der Waals surface area contributed by atoms with Crippen molar-refractivity contribution in [1.29, 1.82) is 0 Å². The molecule has 0 spiro atoms. The first-order valence-electron chi connectivity index (χ1n) is 6.09. The first-order valence-corrected chi connectivity index (χ1v) is 6.47. The van der Waals surface area contributed by atoms with Crippen LogP contribution in [0.3, 0.4) is 0 Å². The van der Waals surface area contributed by atoms with Gasteiger partial charge in [-0.05, 0) is 24.3 Å². The Labute approximate surface area is 130 Å². The van der Waals surface area contributed by atoms with Crippen molar-refractivity contribution in [2.24, 2.45) is 11.5 Å². The van der Waals surface area contributed by atoms with Crippen LogP contribution in [-0.4, -0.2) is 33.5 Å². The van der Waals surface area contributed by atoms with Crippen LogP contribution in [0.25, 0.3) is 5.69 Å². The molecule has 0 aliphatic rings. The van der Waals surface area contributed by atoms with Gasteiger partial charge in [-0.1, -0.05) is 17.7 Å². The van der Waals surface area contributed by atoms with Crippen LogP contribution in [0.4, 0.5) is 0 Å². The standard InChI is InChI=1S/C13H12ClN5O3/c14-7-2-1-3-8(6-7)19-5-4-9(18-19)13(22)17-10(11(15)20)12(16)21/h1-6,10H,(H2,15,20)(H2,16,21)(H,17,22). The summed E-state index contributed by atoms with van der Waals surface area (Å²) < 4.78 is 1.42. The Kier molecular flexibility index (Phi) is 4.42. The normalized spacial score (nSPS) is 10.5. The van der Waals surface area contributed by atoms with Gasteiger partial charge in [0.25, 0.3) is 5.91 Å². The summed E-state index contributed by atoms with van der Waals surface area (Å²) >= 11 is 5.88. The third kappa shape index (κ3) is 3.41. The van der Waals surface area contributed by atoms with Crippen molar-refractivity contribution in [3.63, 3.8) is 0 Å². The van der Waals surface area contributed by atoms with Gasteiger partial charge in [0.05, 0.1) is 5.69 Å². The maximum absolute atomic E-state index is 11.9. The number of hydrogen-bond acceptors (Lipinski definition) is 4. The second kappa shape index (κ2) is 6.27. The van der Waals surface area contributed by atoms with Gasteiger partial charge in [0.1, 0.15) is 0 Å². The first kappa shape index (κ1) is 15.5. The number of nitrogens with two attached hydrogens (primary N) is 2. The molecule has 0 radical (unpaired) electrons. The molecule has 0 unspecified atom stereocenters. The number of benzene rings is 1. The molecule has 22 heavy (non-hydrogen) atoms. The molecule has 0 aliphatic carbocycles. The van der Waals surface area contributed by atoms with E-state index in [1.54, 1.807) is 24.3 Å². The van der Waals surface area contributed by atoms with Gasteiger partial charge in [-0.25, -0.2) is 4.68 Å². The molecule has 5 N–H and O–H groups in total. The van der Waals surface area contributed by atoms with Gasteiger partial charge in [0.2, 0.25) is 11.8 Å². The molecule has 1 heterocycles. The molecule has 3 amide bonds. The minimum atomic E-state index is -1.59. The van der Waals surface area contributed by atoms with Crippen molar-refractivity contribution in [2.75, 3.05) is 0 Å². The lowest BCUT2D eigenvalue weighted by Gasteiger charge is -2.10. The Morgan fingerprint density at radius 2 is 1.86 bits per heavy atom. The molecule has 0 saturated heterocycles. The number of nitrogens with one attached hydrogen (secondary N) is 1. The average molecular weight is 322 g/mol. The monoisotopic (exact) mass is 321 g/mol. The highest BCUT2D eigenvalue weighted by Crippen LogP contribution is 2.14. The Morgan fingerprint density at radius 1 is 1.18 bits per heavy atom. The molecule has 0 fully saturated rings. The van der Waals surface area contributed by atoms with Gasteiger partial charge in [0.15, 0.2) is 11.7 Å². The van der Waals surface area contributed by atoms with E-state index in [0.29, 0.717) is 10.7 Å². The van der Waals surface area contributed by atoms with Crippen LogP contribution in [0.15, 0.2) is 36.5 Å². The fourth-order valence-corrected chi connectivity index (χ4v) is 1.88. The number of nitrogens with zero attached hydrogens (tertiary/aromatic N) is 2. The second-order valence-corrected chi connectivity index (χ2v) is 4.77. The molecule has 1 aromatic heterocycles. The zero-order chi connectivity index (χ0) is 16.3. The Bertz CT molecular complexity index is 729. The maximum atomic E-state index is 11.9. The topological polar surface area (TPSA) is 133 Å². The summed E-state index contributed by atoms with van der Waals surface area (Å²) in [4.78, 5) is 34.0. The molecule has 0 saturated carbocycles. The summed E-state index contributed by atoms with van der Waals surface area (Å²) in [5, 5.41) is 6.67. The molecule has 2 rings (SSSR count). The molecule has 2 aromatic rings. The largest absolute Gasteiger partial charge is 0.367 e. The van der Waals surface area contributed by atoms with E-state index in [4.69, 9.17) is 23.1 Å². The molecular formula is C13H12ClN5O3. The molecule has 0 aliphatic heterocycles. The maximum Gasteiger partial charge on any atom is 0.272 e. The van der Waals surface area contributed by atoms with Crippen molar-refractivity contribution in [3.05, 3.63) is 47.2 Å². The van der Waals surface area contributed by atoms with Crippen molar-refractivity contribution in [3.8, 4) is 5.69 Å². The summed E-state index contributed by atoms with van der Waals surface area (Å²) in [6.45, 7) is 0. The Morgan fingerprint density at radius 3 is 2.45 bits per heavy atom. The van der Waals surface area contributed by atoms with Gasteiger partial charge >= 0.3 is 0 Å². The Balaban J connectivity index is 2.19. The van der Waals surface area contributed by atoms with E-state index in [0.717, 1.165) is 0 Å². The summed E-state index contributed by atoms with van der Waals surface area (Å²) in [5.74, 6) is -2.84. The third-order valence-electron chi connectivity index (χ3n) is 2.74. The number of halogens is 1. The van der Waals surface area contributed by atoms with E-state index in [9.17, 15) is 14.4 Å². The van der Waals surface area contributed by atoms with Crippen molar-refractivity contribution in [1.82, 2.24) is 15.1 Å². The Hall–Kier alpha value is -2.87. The number of carbonyl (C=O) groups excluding carboxylic acids is 3. The number of primary amides is 2. The van der Waals surface area contributed by atoms with Gasteiger partial charge in [0, 0.05) is 11.2 Å². The van der Waals surface area contributed by atoms with Crippen LogP contribution in [-0.2, 0) is 9.59 Å². The lowest BCUT2D eigenvalue weighted by Crippen LogP contribution is -2.52. The van der Waals surface area contributed by atoms with E-state index in [2.05, 4.69) is 10.4 Å². The van der Waals surface area contributed by atoms with E-state index in [-0.39, 0.29) is 5.69 Å². The second-order valence-electron chi connectivity index (χ2n) is 4.34. The fourth-order valence-electron chi connectivity index (χ4n) is 1.69. The minimum absolute atomic E-state index is 0.00697. The zero-order valence-electron chi connectivity index (χ0n) is 11.2. The van der Waals surface area contributed by atoms with Gasteiger partial charge in [-0.3, -0.25) is 14.4 Å². The van der Waals surface area contributed by atoms with Crippen LogP contribution in [0.1, 0.15) is 10.5 Å². The number of rotatable bonds is 5. The summed E-state index contributed by atoms with van der Waals surface area (Å²) in [5.41, 5.74) is 10.6. The zero-order valence-corrected chi connectivity index (χ0v) is 11.9. The SMILES string of the molecule is NC(=O)C(NC(=O)c1ccn(-c2cccc(Cl)c2)n1)C(N)=O. The van der Waals surface area contributed by atoms with Crippen LogP contribution in [0.5, 0.6) is 0 Å². The highest BCUT2D eigenvalue weighted by atomic mass is 35.5. The number of amides is 3. The van der Waals surface area contributed by atoms with E-state index in [1.807, 2.05) is 0 Å². The smallest absolute Gasteiger partial charge is 0.272 e. The molecule has 8 nitrogen and oxygen atoms in total. The van der Waals surface area contributed by atoms with Gasteiger partial charge in [-0.15, -0.1) is 0 Å². The van der Waals surface area contributed by atoms with Crippen LogP contribution >= 0.6 is 11.6 Å². The van der Waals surface area contributed by atoms with Crippen LogP contribution in [0, 0.1) is 0 Å². The summed E-state index contributed by atoms with van der Waals surface area (Å²) in [6, 6.07) is 6.66. The van der Waals surface area contributed by atoms with E-state index in [1.165, 1.54) is 16.9 Å². The summed E-state index contributed by atoms with van der Waals surface area (Å²) in [6.07, 6.45) is 1.53. The average Bonchev–Trinajstić information content (AvgIpc) is 2.93. The minimum Gasteiger partial charge on any atom is -0.367 e. The lowest BCUT2D eigenvalue weighted by molar-refractivity contribution is -0.128. The molecule has 9 heteroatoms. The third-order valence-corrected chi connectivity index (χ3v) is 2.97. The van der Waals surface area contributed by atoms with Crippen molar-refractivity contribution >= 4 is 29.3 Å². The molecule has 0 atom stereocenters. The lowest BCUT2D eigenvalue weighted by atomic mass is 10.2. The fraction of sp³-hybridized carbons (Fsp3) is 0.0769.